The van der Waals surface area contributed by atoms with E-state index in [2.05, 4.69) is 5.32 Å². The second-order valence-corrected chi connectivity index (χ2v) is 8.44. The topological polar surface area (TPSA) is 75.7 Å². The Kier molecular flexibility index (Phi) is 6.97. The summed E-state index contributed by atoms with van der Waals surface area (Å²) in [5.41, 5.74) is 0.674. The number of nitrogens with zero attached hydrogens (tertiary/aromatic N) is 1. The molecular formula is C18H20Cl2N2O4S. The molecule has 6 nitrogen and oxygen atoms in total. The molecule has 2 aromatic carbocycles. The molecule has 0 fully saturated rings. The maximum Gasteiger partial charge on any atom is 0.248 e. The van der Waals surface area contributed by atoms with E-state index in [4.69, 9.17) is 27.9 Å². The highest BCUT2D eigenvalue weighted by atomic mass is 35.5. The van der Waals surface area contributed by atoms with Crippen molar-refractivity contribution in [3.05, 3.63) is 52.5 Å². The third kappa shape index (κ3) is 5.06. The van der Waals surface area contributed by atoms with Crippen molar-refractivity contribution in [1.29, 1.82) is 0 Å². The maximum atomic E-state index is 12.8. The molecule has 9 heteroatoms. The molecule has 146 valence electrons. The number of ether oxygens (including phenoxy) is 1. The van der Waals surface area contributed by atoms with Crippen molar-refractivity contribution in [3.8, 4) is 5.75 Å². The number of amides is 1. The predicted octanol–water partition coefficient (Wildman–Crippen LogP) is 4.19. The number of para-hydroxylation sites is 1. The van der Waals surface area contributed by atoms with Crippen LogP contribution in [0, 0.1) is 0 Å². The molecule has 0 radical (unpaired) electrons. The molecular weight excluding hydrogens is 411 g/mol. The van der Waals surface area contributed by atoms with Crippen molar-refractivity contribution in [2.24, 2.45) is 0 Å². The molecule has 1 N–H and O–H groups in total. The summed E-state index contributed by atoms with van der Waals surface area (Å²) in [6.45, 7) is 1.72. The third-order valence-corrected chi connectivity index (χ3v) is 5.66. The SMILES string of the molecule is CCC(C(=O)Nc1ccccc1Cl)N(c1ccc(OC)c(Cl)c1)S(C)(=O)=O. The summed E-state index contributed by atoms with van der Waals surface area (Å²) in [5.74, 6) is -0.0922. The van der Waals surface area contributed by atoms with Crippen LogP contribution in [0.2, 0.25) is 10.0 Å². The van der Waals surface area contributed by atoms with Crippen LogP contribution in [0.5, 0.6) is 5.75 Å². The van der Waals surface area contributed by atoms with Crippen LogP contribution < -0.4 is 14.4 Å². The van der Waals surface area contributed by atoms with E-state index >= 15 is 0 Å². The van der Waals surface area contributed by atoms with E-state index < -0.39 is 22.0 Å². The number of sulfonamides is 1. The zero-order valence-corrected chi connectivity index (χ0v) is 17.4. The molecule has 0 saturated carbocycles. The molecule has 0 aliphatic rings. The minimum Gasteiger partial charge on any atom is -0.495 e. The Morgan fingerprint density at radius 2 is 1.85 bits per heavy atom. The summed E-state index contributed by atoms with van der Waals surface area (Å²) in [4.78, 5) is 12.8. The summed E-state index contributed by atoms with van der Waals surface area (Å²) in [7, 11) is -2.31. The fourth-order valence-electron chi connectivity index (χ4n) is 2.63. The van der Waals surface area contributed by atoms with Gasteiger partial charge in [0.2, 0.25) is 15.9 Å². The fourth-order valence-corrected chi connectivity index (χ4v) is 4.27. The van der Waals surface area contributed by atoms with Crippen LogP contribution >= 0.6 is 23.2 Å². The van der Waals surface area contributed by atoms with Gasteiger partial charge in [0.05, 0.1) is 34.8 Å². The summed E-state index contributed by atoms with van der Waals surface area (Å²) < 4.78 is 31.1. The molecule has 0 aliphatic carbocycles. The first-order valence-electron chi connectivity index (χ1n) is 8.07. The zero-order chi connectivity index (χ0) is 20.2. The van der Waals surface area contributed by atoms with Crippen molar-refractivity contribution in [3.63, 3.8) is 0 Å². The smallest absolute Gasteiger partial charge is 0.248 e. The van der Waals surface area contributed by atoms with Gasteiger partial charge in [-0.3, -0.25) is 9.10 Å². The van der Waals surface area contributed by atoms with Gasteiger partial charge in [0.15, 0.2) is 0 Å². The van der Waals surface area contributed by atoms with Gasteiger partial charge >= 0.3 is 0 Å². The highest BCUT2D eigenvalue weighted by Gasteiger charge is 2.32. The first kappa shape index (κ1) is 21.3. The predicted molar refractivity (Wildman–Crippen MR) is 109 cm³/mol. The van der Waals surface area contributed by atoms with Gasteiger partial charge in [0, 0.05) is 0 Å². The van der Waals surface area contributed by atoms with E-state index in [-0.39, 0.29) is 17.1 Å². The largest absolute Gasteiger partial charge is 0.495 e. The monoisotopic (exact) mass is 430 g/mol. The highest BCUT2D eigenvalue weighted by molar-refractivity contribution is 7.92. The van der Waals surface area contributed by atoms with Crippen molar-refractivity contribution in [2.45, 2.75) is 19.4 Å². The number of hydrogen-bond acceptors (Lipinski definition) is 4. The van der Waals surface area contributed by atoms with E-state index in [1.54, 1.807) is 37.3 Å². The lowest BCUT2D eigenvalue weighted by molar-refractivity contribution is -0.117. The molecule has 27 heavy (non-hydrogen) atoms. The molecule has 0 spiro atoms. The Balaban J connectivity index is 2.43. The Morgan fingerprint density at radius 3 is 2.37 bits per heavy atom. The summed E-state index contributed by atoms with van der Waals surface area (Å²) in [5, 5.41) is 3.29. The van der Waals surface area contributed by atoms with Crippen LogP contribution in [0.15, 0.2) is 42.5 Å². The standard InChI is InChI=1S/C18H20Cl2N2O4S/c1-4-16(18(23)21-15-8-6-5-7-13(15)19)22(27(3,24)25)12-9-10-17(26-2)14(20)11-12/h5-11,16H,4H2,1-3H3,(H,21,23). The zero-order valence-electron chi connectivity index (χ0n) is 15.1. The van der Waals surface area contributed by atoms with E-state index in [0.29, 0.717) is 16.5 Å². The van der Waals surface area contributed by atoms with Gasteiger partial charge in [-0.25, -0.2) is 8.42 Å². The van der Waals surface area contributed by atoms with E-state index in [1.165, 1.54) is 19.2 Å². The second-order valence-electron chi connectivity index (χ2n) is 5.77. The summed E-state index contributed by atoms with van der Waals surface area (Å²) in [6.07, 6.45) is 1.28. The van der Waals surface area contributed by atoms with Crippen LogP contribution in [0.4, 0.5) is 11.4 Å². The average molecular weight is 431 g/mol. The van der Waals surface area contributed by atoms with Crippen LogP contribution in [-0.4, -0.2) is 33.7 Å². The molecule has 2 aromatic rings. The number of anilines is 2. The number of benzene rings is 2. The summed E-state index contributed by atoms with van der Waals surface area (Å²) in [6, 6.07) is 10.3. The van der Waals surface area contributed by atoms with Gasteiger partial charge in [-0.2, -0.15) is 0 Å². The maximum absolute atomic E-state index is 12.8. The quantitative estimate of drug-likeness (QED) is 0.714. The van der Waals surface area contributed by atoms with Crippen LogP contribution in [-0.2, 0) is 14.8 Å². The molecule has 0 saturated heterocycles. The first-order chi connectivity index (χ1) is 12.7. The number of halogens is 2. The molecule has 2 rings (SSSR count). The Labute approximate surface area is 169 Å². The lowest BCUT2D eigenvalue weighted by Gasteiger charge is -2.30. The molecule has 0 aliphatic heterocycles. The lowest BCUT2D eigenvalue weighted by atomic mass is 10.1. The number of carbonyl (C=O) groups excluding carboxylic acids is 1. The Hall–Kier alpha value is -1.96. The van der Waals surface area contributed by atoms with Gasteiger partial charge in [-0.05, 0) is 36.8 Å². The number of methoxy groups -OCH3 is 1. The second kappa shape index (κ2) is 8.82. The number of carbonyl (C=O) groups is 1. The first-order valence-corrected chi connectivity index (χ1v) is 10.7. The molecule has 1 amide bonds. The van der Waals surface area contributed by atoms with Crippen molar-refractivity contribution in [1.82, 2.24) is 0 Å². The van der Waals surface area contributed by atoms with Crippen molar-refractivity contribution < 1.29 is 17.9 Å². The van der Waals surface area contributed by atoms with Gasteiger partial charge < -0.3 is 10.1 Å². The highest BCUT2D eigenvalue weighted by Crippen LogP contribution is 2.32. The van der Waals surface area contributed by atoms with Gasteiger partial charge in [0.1, 0.15) is 11.8 Å². The van der Waals surface area contributed by atoms with Crippen molar-refractivity contribution >= 4 is 50.5 Å². The van der Waals surface area contributed by atoms with Crippen LogP contribution in [0.3, 0.4) is 0 Å². The van der Waals surface area contributed by atoms with Gasteiger partial charge in [0.25, 0.3) is 0 Å². The molecule has 0 heterocycles. The molecule has 1 unspecified atom stereocenters. The Morgan fingerprint density at radius 1 is 1.19 bits per heavy atom. The normalized spacial score (nSPS) is 12.3. The number of nitrogens with one attached hydrogen (secondary N) is 1. The van der Waals surface area contributed by atoms with Gasteiger partial charge in [-0.1, -0.05) is 42.3 Å². The number of hydrogen-bond donors (Lipinski definition) is 1. The van der Waals surface area contributed by atoms with E-state index in [1.807, 2.05) is 0 Å². The van der Waals surface area contributed by atoms with E-state index in [9.17, 15) is 13.2 Å². The Bertz CT molecular complexity index is 935. The molecule has 1 atom stereocenters. The lowest BCUT2D eigenvalue weighted by Crippen LogP contribution is -2.47. The van der Waals surface area contributed by atoms with Gasteiger partial charge in [-0.15, -0.1) is 0 Å². The number of rotatable bonds is 7. The summed E-state index contributed by atoms with van der Waals surface area (Å²) >= 11 is 12.2. The molecule has 0 bridgehead atoms. The fraction of sp³-hybridized carbons (Fsp3) is 0.278. The van der Waals surface area contributed by atoms with Crippen LogP contribution in [0.25, 0.3) is 0 Å². The van der Waals surface area contributed by atoms with E-state index in [0.717, 1.165) is 10.6 Å². The third-order valence-electron chi connectivity index (χ3n) is 3.85. The van der Waals surface area contributed by atoms with Crippen molar-refractivity contribution in [2.75, 3.05) is 23.0 Å². The minimum atomic E-state index is -3.77. The minimum absolute atomic E-state index is 0.241. The average Bonchev–Trinajstić information content (AvgIpc) is 2.60. The van der Waals surface area contributed by atoms with Crippen LogP contribution in [0.1, 0.15) is 13.3 Å². The molecule has 0 aromatic heterocycles.